The summed E-state index contributed by atoms with van der Waals surface area (Å²) in [5.41, 5.74) is -0.0204. The highest BCUT2D eigenvalue weighted by Crippen LogP contribution is 2.01. The fraction of sp³-hybridized carbons (Fsp3) is 0.222. The summed E-state index contributed by atoms with van der Waals surface area (Å²) in [5.74, 6) is -1.32. The largest absolute Gasteiger partial charge is 0.476 e. The Kier molecular flexibility index (Phi) is 3.63. The highest BCUT2D eigenvalue weighted by Gasteiger charge is 2.08. The van der Waals surface area contributed by atoms with Crippen LogP contribution in [0.15, 0.2) is 18.7 Å². The topological polar surface area (TPSA) is 110 Å². The molecule has 1 amide bonds. The first-order chi connectivity index (χ1) is 8.66. The van der Waals surface area contributed by atoms with Crippen LogP contribution in [0, 0.1) is 0 Å². The number of hydrogen-bond acceptors (Lipinski definition) is 6. The predicted octanol–water partition coefficient (Wildman–Crippen LogP) is -0.137. The van der Waals surface area contributed by atoms with Gasteiger partial charge < -0.3 is 15.0 Å². The maximum atomic E-state index is 11.5. The molecule has 0 aliphatic heterocycles. The van der Waals surface area contributed by atoms with Crippen LogP contribution in [0.5, 0.6) is 0 Å². The Morgan fingerprint density at radius 2 is 2.33 bits per heavy atom. The van der Waals surface area contributed by atoms with Gasteiger partial charge in [0.2, 0.25) is 0 Å². The Balaban J connectivity index is 1.81. The third-order valence-corrected chi connectivity index (χ3v) is 2.76. The molecule has 94 valence electrons. The normalized spacial score (nSPS) is 10.2. The number of carbonyl (C=O) groups excluding carboxylic acids is 1. The molecule has 18 heavy (non-hydrogen) atoms. The minimum atomic E-state index is -1.08. The molecule has 0 bridgehead atoms. The van der Waals surface area contributed by atoms with Crippen LogP contribution in [0.1, 0.15) is 20.2 Å². The van der Waals surface area contributed by atoms with E-state index in [2.05, 4.69) is 19.9 Å². The van der Waals surface area contributed by atoms with Crippen molar-refractivity contribution in [1.29, 1.82) is 0 Å². The molecule has 0 fully saturated rings. The average Bonchev–Trinajstić information content (AvgIpc) is 3.00. The Hall–Kier alpha value is -2.29. The molecule has 0 unspecified atom stereocenters. The second-order valence-corrected chi connectivity index (χ2v) is 4.13. The van der Waals surface area contributed by atoms with E-state index >= 15 is 0 Å². The second kappa shape index (κ2) is 5.36. The van der Waals surface area contributed by atoms with Crippen LogP contribution in [0.3, 0.4) is 0 Å². The van der Waals surface area contributed by atoms with E-state index in [9.17, 15) is 9.59 Å². The number of carboxylic acids is 1. The first-order valence-corrected chi connectivity index (χ1v) is 5.75. The lowest BCUT2D eigenvalue weighted by Gasteiger charge is -2.03. The summed E-state index contributed by atoms with van der Waals surface area (Å²) in [6.07, 6.45) is 4.20. The van der Waals surface area contributed by atoms with Crippen molar-refractivity contribution in [2.45, 2.75) is 6.54 Å². The van der Waals surface area contributed by atoms with Gasteiger partial charge in [0.25, 0.3) is 5.91 Å². The van der Waals surface area contributed by atoms with Gasteiger partial charge in [-0.2, -0.15) is 0 Å². The summed E-state index contributed by atoms with van der Waals surface area (Å²) in [6.45, 7) is 0.810. The van der Waals surface area contributed by atoms with Crippen molar-refractivity contribution in [3.05, 3.63) is 29.3 Å². The molecular weight excluding hydrogens is 258 g/mol. The van der Waals surface area contributed by atoms with E-state index < -0.39 is 5.97 Å². The monoisotopic (exact) mass is 267 g/mol. The number of carbonyl (C=O) groups is 2. The van der Waals surface area contributed by atoms with E-state index in [1.807, 2.05) is 0 Å². The van der Waals surface area contributed by atoms with Gasteiger partial charge in [0.1, 0.15) is 4.88 Å². The van der Waals surface area contributed by atoms with E-state index in [-0.39, 0.29) is 11.6 Å². The van der Waals surface area contributed by atoms with E-state index in [0.29, 0.717) is 18.0 Å². The lowest BCUT2D eigenvalue weighted by Crippen LogP contribution is -2.26. The zero-order valence-corrected chi connectivity index (χ0v) is 9.92. The molecular formula is C9H9N5O3S. The number of aromatic carboxylic acids is 1. The summed E-state index contributed by atoms with van der Waals surface area (Å²) < 4.78 is 5.17. The molecule has 9 heteroatoms. The Morgan fingerprint density at radius 1 is 1.50 bits per heavy atom. The summed E-state index contributed by atoms with van der Waals surface area (Å²) >= 11 is 1.02. The SMILES string of the molecule is O=C(O)c1cn(CCNC(=O)c2cnns2)cn1. The zero-order chi connectivity index (χ0) is 13.0. The molecule has 2 aromatic heterocycles. The van der Waals surface area contributed by atoms with Crippen LogP contribution in [-0.2, 0) is 6.54 Å². The van der Waals surface area contributed by atoms with E-state index in [1.165, 1.54) is 18.7 Å². The molecule has 0 spiro atoms. The van der Waals surface area contributed by atoms with Gasteiger partial charge in [-0.1, -0.05) is 4.49 Å². The molecule has 0 radical (unpaired) electrons. The number of nitrogens with one attached hydrogen (secondary N) is 1. The Labute approximate surface area is 105 Å². The van der Waals surface area contributed by atoms with Gasteiger partial charge in [-0.3, -0.25) is 4.79 Å². The fourth-order valence-electron chi connectivity index (χ4n) is 1.25. The summed E-state index contributed by atoms with van der Waals surface area (Å²) in [4.78, 5) is 26.2. The number of rotatable bonds is 5. The van der Waals surface area contributed by atoms with Gasteiger partial charge in [0, 0.05) is 19.3 Å². The van der Waals surface area contributed by atoms with Crippen molar-refractivity contribution in [2.75, 3.05) is 6.54 Å². The third-order valence-electron chi connectivity index (χ3n) is 2.09. The maximum Gasteiger partial charge on any atom is 0.356 e. The van der Waals surface area contributed by atoms with Gasteiger partial charge in [-0.25, -0.2) is 9.78 Å². The quantitative estimate of drug-likeness (QED) is 0.780. The lowest BCUT2D eigenvalue weighted by molar-refractivity contribution is 0.0690. The van der Waals surface area contributed by atoms with Gasteiger partial charge in [-0.05, 0) is 11.5 Å². The standard InChI is InChI=1S/C9H9N5O3S/c15-8(7-3-12-13-18-7)10-1-2-14-4-6(9(16)17)11-5-14/h3-5H,1-2H2,(H,10,15)(H,16,17). The number of amides is 1. The van der Waals surface area contributed by atoms with Crippen LogP contribution >= 0.6 is 11.5 Å². The summed E-state index contributed by atoms with van der Waals surface area (Å²) in [5, 5.41) is 14.9. The van der Waals surface area contributed by atoms with Crippen molar-refractivity contribution in [3.63, 3.8) is 0 Å². The van der Waals surface area contributed by atoms with Gasteiger partial charge in [-0.15, -0.1) is 5.10 Å². The van der Waals surface area contributed by atoms with Crippen molar-refractivity contribution in [3.8, 4) is 0 Å². The van der Waals surface area contributed by atoms with Gasteiger partial charge >= 0.3 is 5.97 Å². The summed E-state index contributed by atoms with van der Waals surface area (Å²) in [7, 11) is 0. The van der Waals surface area contributed by atoms with Crippen molar-refractivity contribution < 1.29 is 14.7 Å². The van der Waals surface area contributed by atoms with Crippen LogP contribution in [0.2, 0.25) is 0 Å². The van der Waals surface area contributed by atoms with Crippen molar-refractivity contribution >= 4 is 23.4 Å². The fourth-order valence-corrected chi connectivity index (χ4v) is 1.68. The predicted molar refractivity (Wildman–Crippen MR) is 61.4 cm³/mol. The highest BCUT2D eigenvalue weighted by atomic mass is 32.1. The lowest BCUT2D eigenvalue weighted by atomic mass is 10.4. The minimum absolute atomic E-state index is 0.0204. The van der Waals surface area contributed by atoms with Crippen molar-refractivity contribution in [1.82, 2.24) is 24.5 Å². The first kappa shape index (κ1) is 12.2. The third kappa shape index (κ3) is 2.88. The molecule has 0 aliphatic carbocycles. The smallest absolute Gasteiger partial charge is 0.356 e. The molecule has 0 saturated heterocycles. The molecule has 2 N–H and O–H groups in total. The van der Waals surface area contributed by atoms with Crippen LogP contribution in [-0.4, -0.2) is 42.7 Å². The number of nitrogens with zero attached hydrogens (tertiary/aromatic N) is 4. The molecule has 0 saturated carbocycles. The van der Waals surface area contributed by atoms with E-state index in [0.717, 1.165) is 11.5 Å². The van der Waals surface area contributed by atoms with Gasteiger partial charge in [0.05, 0.1) is 12.5 Å². The molecule has 2 heterocycles. The number of imidazole rings is 1. The Morgan fingerprint density at radius 3 is 2.94 bits per heavy atom. The van der Waals surface area contributed by atoms with Crippen LogP contribution in [0.4, 0.5) is 0 Å². The molecule has 0 aromatic carbocycles. The highest BCUT2D eigenvalue weighted by molar-refractivity contribution is 7.07. The van der Waals surface area contributed by atoms with E-state index in [1.54, 1.807) is 4.57 Å². The first-order valence-electron chi connectivity index (χ1n) is 4.97. The van der Waals surface area contributed by atoms with Crippen molar-refractivity contribution in [2.24, 2.45) is 0 Å². The van der Waals surface area contributed by atoms with Gasteiger partial charge in [0.15, 0.2) is 5.69 Å². The number of hydrogen-bond donors (Lipinski definition) is 2. The molecule has 8 nitrogen and oxygen atoms in total. The van der Waals surface area contributed by atoms with Crippen LogP contribution in [0.25, 0.3) is 0 Å². The Bertz CT molecular complexity index is 550. The zero-order valence-electron chi connectivity index (χ0n) is 9.11. The second-order valence-electron chi connectivity index (χ2n) is 3.34. The van der Waals surface area contributed by atoms with Crippen LogP contribution < -0.4 is 5.32 Å². The molecule has 0 aliphatic rings. The number of carboxylic acid groups (broad SMARTS) is 1. The molecule has 2 aromatic rings. The minimum Gasteiger partial charge on any atom is -0.476 e. The van der Waals surface area contributed by atoms with E-state index in [4.69, 9.17) is 5.11 Å². The average molecular weight is 267 g/mol. The molecule has 2 rings (SSSR count). The molecule has 0 atom stereocenters. The maximum absolute atomic E-state index is 11.5. The summed E-state index contributed by atoms with van der Waals surface area (Å²) in [6, 6.07) is 0. The number of aromatic nitrogens is 4.